The fourth-order valence-corrected chi connectivity index (χ4v) is 3.59. The van der Waals surface area contributed by atoms with Crippen molar-refractivity contribution in [2.75, 3.05) is 112 Å². The molecule has 16 heteroatoms. The number of amides is 1. The summed E-state index contributed by atoms with van der Waals surface area (Å²) in [6.07, 6.45) is 0.725. The van der Waals surface area contributed by atoms with Gasteiger partial charge in [-0.25, -0.2) is 13.2 Å². The lowest BCUT2D eigenvalue weighted by Crippen LogP contribution is -2.28. The Morgan fingerprint density at radius 2 is 0.958 bits per heavy atom. The number of halogens is 4. The number of carbonyl (C=O) groups excluding carboxylic acids is 2. The molecule has 0 saturated carbocycles. The second-order valence-electron chi connectivity index (χ2n) is 9.96. The summed E-state index contributed by atoms with van der Waals surface area (Å²) in [5, 5.41) is 2.70. The van der Waals surface area contributed by atoms with Crippen molar-refractivity contribution in [2.24, 2.45) is 0 Å². The van der Waals surface area contributed by atoms with E-state index in [0.717, 1.165) is 13.0 Å². The smallest absolute Gasteiger partial charge is 0.313 e. The molecule has 0 saturated heterocycles. The summed E-state index contributed by atoms with van der Waals surface area (Å²) in [7, 11) is 0. The normalized spacial score (nSPS) is 11.2. The van der Waals surface area contributed by atoms with E-state index in [2.05, 4.69) is 18.8 Å². The number of carbonyl (C=O) groups is 2. The first-order chi connectivity index (χ1) is 23.2. The van der Waals surface area contributed by atoms with Crippen LogP contribution in [0.5, 0.6) is 5.75 Å². The van der Waals surface area contributed by atoms with Gasteiger partial charge in [-0.2, -0.15) is 4.39 Å². The number of rotatable bonds is 31. The zero-order valence-electron chi connectivity index (χ0n) is 27.9. The predicted molar refractivity (Wildman–Crippen MR) is 166 cm³/mol. The molecule has 1 N–H and O–H groups in total. The van der Waals surface area contributed by atoms with Gasteiger partial charge in [0.25, 0.3) is 0 Å². The molecule has 0 radical (unpaired) electrons. The van der Waals surface area contributed by atoms with Gasteiger partial charge in [-0.3, -0.25) is 9.59 Å². The fraction of sp³-hybridized carbons (Fsp3) is 0.688. The van der Waals surface area contributed by atoms with Gasteiger partial charge >= 0.3 is 5.97 Å². The van der Waals surface area contributed by atoms with Crippen LogP contribution in [0.2, 0.25) is 0 Å². The van der Waals surface area contributed by atoms with Crippen LogP contribution in [0.4, 0.5) is 17.6 Å². The lowest BCUT2D eigenvalue weighted by atomic mass is 10.1. The summed E-state index contributed by atoms with van der Waals surface area (Å²) in [5.74, 6) is -10.0. The number of hydrogen-bond donors (Lipinski definition) is 1. The van der Waals surface area contributed by atoms with E-state index in [-0.39, 0.29) is 50.7 Å². The number of benzene rings is 1. The lowest BCUT2D eigenvalue weighted by molar-refractivity contribution is -0.136. The highest BCUT2D eigenvalue weighted by Crippen LogP contribution is 2.34. The van der Waals surface area contributed by atoms with Crippen molar-refractivity contribution in [3.8, 4) is 5.75 Å². The Morgan fingerprint density at radius 3 is 1.42 bits per heavy atom. The van der Waals surface area contributed by atoms with Gasteiger partial charge in [0.05, 0.1) is 111 Å². The maximum Gasteiger partial charge on any atom is 0.313 e. The largest absolute Gasteiger partial charge is 0.422 e. The van der Waals surface area contributed by atoms with Gasteiger partial charge in [-0.05, 0) is 18.9 Å². The van der Waals surface area contributed by atoms with Gasteiger partial charge in [0, 0.05) is 19.6 Å². The summed E-state index contributed by atoms with van der Waals surface area (Å²) in [5.41, 5.74) is -0.933. The SMILES string of the molecule is C=C(C)c1c(F)c(F)c(F)c(F)c1OC(=O)CCOCCOCCC(=O)NCCOCCOCCOCCOCCOCCOCCC. The van der Waals surface area contributed by atoms with Crippen molar-refractivity contribution < 1.29 is 69.8 Å². The first-order valence-corrected chi connectivity index (χ1v) is 15.8. The third-order valence-corrected chi connectivity index (χ3v) is 5.94. The zero-order valence-corrected chi connectivity index (χ0v) is 27.9. The summed E-state index contributed by atoms with van der Waals surface area (Å²) < 4.78 is 103. The van der Waals surface area contributed by atoms with Crippen LogP contribution in [-0.4, -0.2) is 124 Å². The van der Waals surface area contributed by atoms with E-state index in [0.29, 0.717) is 79.2 Å². The minimum absolute atomic E-state index is 0.0719. The molecule has 12 nitrogen and oxygen atoms in total. The highest BCUT2D eigenvalue weighted by Gasteiger charge is 2.28. The zero-order chi connectivity index (χ0) is 35.4. The van der Waals surface area contributed by atoms with Crippen LogP contribution in [0.3, 0.4) is 0 Å². The second-order valence-corrected chi connectivity index (χ2v) is 9.96. The molecule has 1 amide bonds. The highest BCUT2D eigenvalue weighted by atomic mass is 19.2. The number of esters is 1. The molecular formula is C32H49F4NO11. The van der Waals surface area contributed by atoms with Crippen molar-refractivity contribution in [3.05, 3.63) is 35.4 Å². The van der Waals surface area contributed by atoms with Crippen molar-refractivity contribution in [1.82, 2.24) is 5.32 Å². The summed E-state index contributed by atoms with van der Waals surface area (Å²) in [4.78, 5) is 23.9. The molecule has 0 heterocycles. The van der Waals surface area contributed by atoms with Crippen molar-refractivity contribution in [3.63, 3.8) is 0 Å². The van der Waals surface area contributed by atoms with Crippen LogP contribution < -0.4 is 10.1 Å². The van der Waals surface area contributed by atoms with Gasteiger partial charge < -0.3 is 47.9 Å². The Labute approximate surface area is 279 Å². The second kappa shape index (κ2) is 28.2. The molecule has 1 rings (SSSR count). The molecule has 0 atom stereocenters. The molecule has 1 aromatic rings. The Hall–Kier alpha value is -2.70. The topological polar surface area (TPSA) is 129 Å². The third kappa shape index (κ3) is 20.0. The Morgan fingerprint density at radius 1 is 0.562 bits per heavy atom. The molecule has 0 aliphatic carbocycles. The molecule has 0 fully saturated rings. The van der Waals surface area contributed by atoms with Crippen LogP contribution >= 0.6 is 0 Å². The van der Waals surface area contributed by atoms with Crippen LogP contribution in [0.1, 0.15) is 38.7 Å². The molecule has 0 bridgehead atoms. The van der Waals surface area contributed by atoms with E-state index in [9.17, 15) is 27.2 Å². The first-order valence-electron chi connectivity index (χ1n) is 15.8. The Bertz CT molecular complexity index is 1070. The first kappa shape index (κ1) is 43.3. The molecule has 276 valence electrons. The quantitative estimate of drug-likeness (QED) is 0.0305. The third-order valence-electron chi connectivity index (χ3n) is 5.94. The molecule has 0 spiro atoms. The van der Waals surface area contributed by atoms with Crippen LogP contribution in [0, 0.1) is 23.3 Å². The molecule has 0 unspecified atom stereocenters. The Balaban J connectivity index is 1.91. The Kier molecular flexibility index (Phi) is 25.4. The monoisotopic (exact) mass is 699 g/mol. The maximum atomic E-state index is 14.1. The average molecular weight is 700 g/mol. The fourth-order valence-electron chi connectivity index (χ4n) is 3.59. The number of allylic oxidation sites excluding steroid dienone is 1. The molecular weight excluding hydrogens is 650 g/mol. The highest BCUT2D eigenvalue weighted by molar-refractivity contribution is 5.77. The molecule has 0 aromatic heterocycles. The number of ether oxygens (including phenoxy) is 9. The van der Waals surface area contributed by atoms with Gasteiger partial charge in [0.2, 0.25) is 17.5 Å². The average Bonchev–Trinajstić information content (AvgIpc) is 3.06. The van der Waals surface area contributed by atoms with Crippen LogP contribution in [-0.2, 0) is 47.5 Å². The van der Waals surface area contributed by atoms with E-state index >= 15 is 0 Å². The molecule has 0 aliphatic heterocycles. The van der Waals surface area contributed by atoms with E-state index < -0.39 is 40.6 Å². The minimum atomic E-state index is -2.10. The van der Waals surface area contributed by atoms with Crippen molar-refractivity contribution >= 4 is 17.4 Å². The van der Waals surface area contributed by atoms with E-state index in [4.69, 9.17) is 42.6 Å². The lowest BCUT2D eigenvalue weighted by Gasteiger charge is -2.13. The predicted octanol–water partition coefficient (Wildman–Crippen LogP) is 3.62. The summed E-state index contributed by atoms with van der Waals surface area (Å²) >= 11 is 0. The molecule has 0 aliphatic rings. The van der Waals surface area contributed by atoms with Gasteiger partial charge in [-0.15, -0.1) is 0 Å². The maximum absolute atomic E-state index is 14.1. The van der Waals surface area contributed by atoms with Gasteiger partial charge in [0.1, 0.15) is 0 Å². The van der Waals surface area contributed by atoms with Gasteiger partial charge in [0.15, 0.2) is 17.4 Å². The molecule has 1 aromatic carbocycles. The summed E-state index contributed by atoms with van der Waals surface area (Å²) in [6, 6.07) is 0. The van der Waals surface area contributed by atoms with Crippen LogP contribution in [0.15, 0.2) is 6.58 Å². The minimum Gasteiger partial charge on any atom is -0.422 e. The van der Waals surface area contributed by atoms with E-state index in [1.807, 2.05) is 0 Å². The number of hydrogen-bond acceptors (Lipinski definition) is 11. The van der Waals surface area contributed by atoms with Crippen molar-refractivity contribution in [2.45, 2.75) is 33.1 Å². The van der Waals surface area contributed by atoms with E-state index in [1.54, 1.807) is 0 Å². The van der Waals surface area contributed by atoms with Crippen LogP contribution in [0.25, 0.3) is 5.57 Å². The standard InChI is InChI=1S/C32H49F4NO11/c1-4-8-40-12-16-44-18-20-46-22-23-47-21-19-45-17-15-43-11-7-37-25(38)5-9-41-13-14-42-10-6-26(39)48-32-27(24(2)3)28(33)29(34)30(35)31(32)36/h2,4-23H2,1,3H3,(H,37,38). The summed E-state index contributed by atoms with van der Waals surface area (Å²) in [6.45, 7) is 13.0. The van der Waals surface area contributed by atoms with Crippen molar-refractivity contribution in [1.29, 1.82) is 0 Å². The van der Waals surface area contributed by atoms with Gasteiger partial charge in [-0.1, -0.05) is 13.5 Å². The molecule has 48 heavy (non-hydrogen) atoms. The van der Waals surface area contributed by atoms with E-state index in [1.165, 1.54) is 6.92 Å². The number of nitrogens with one attached hydrogen (secondary N) is 1.